The van der Waals surface area contributed by atoms with Gasteiger partial charge in [-0.2, -0.15) is 0 Å². The predicted molar refractivity (Wildman–Crippen MR) is 59.7 cm³/mol. The van der Waals surface area contributed by atoms with E-state index in [9.17, 15) is 4.79 Å². The van der Waals surface area contributed by atoms with Crippen LogP contribution in [0.5, 0.6) is 0 Å². The van der Waals surface area contributed by atoms with E-state index in [4.69, 9.17) is 5.53 Å². The van der Waals surface area contributed by atoms with E-state index in [1.807, 2.05) is 0 Å². The number of hydrogen-bond acceptors (Lipinski definition) is 3. The molecule has 0 fully saturated rings. The van der Waals surface area contributed by atoms with E-state index in [2.05, 4.69) is 26.9 Å². The van der Waals surface area contributed by atoms with Crippen molar-refractivity contribution in [1.29, 1.82) is 0 Å². The summed E-state index contributed by atoms with van der Waals surface area (Å²) in [6.45, 7) is 1.84. The van der Waals surface area contributed by atoms with Crippen LogP contribution in [0.1, 0.15) is 29.4 Å². The highest BCUT2D eigenvalue weighted by atomic mass is 16.1. The molecule has 1 aromatic heterocycles. The molecule has 1 aromatic rings. The Morgan fingerprint density at radius 1 is 1.62 bits per heavy atom. The first-order chi connectivity index (χ1) is 7.74. The van der Waals surface area contributed by atoms with Crippen molar-refractivity contribution in [3.05, 3.63) is 40.0 Å². The maximum Gasteiger partial charge on any atom is 0.161 e. The monoisotopic (exact) mass is 214 g/mol. The normalized spacial score (nSPS) is 8.56. The van der Waals surface area contributed by atoms with Crippen molar-refractivity contribution in [2.45, 2.75) is 13.3 Å². The first kappa shape index (κ1) is 11.8. The Morgan fingerprint density at radius 2 is 2.44 bits per heavy atom. The van der Waals surface area contributed by atoms with Crippen molar-refractivity contribution in [2.75, 3.05) is 6.54 Å². The summed E-state index contributed by atoms with van der Waals surface area (Å²) in [6.07, 6.45) is 2.00. The summed E-state index contributed by atoms with van der Waals surface area (Å²) < 4.78 is 0. The third-order valence-electron chi connectivity index (χ3n) is 1.79. The largest absolute Gasteiger partial charge is 0.294 e. The average molecular weight is 214 g/mol. The maximum absolute atomic E-state index is 11.0. The van der Waals surface area contributed by atoms with Gasteiger partial charge < -0.3 is 0 Å². The zero-order chi connectivity index (χ0) is 11.8. The Hall–Kier alpha value is -2.31. The fourth-order valence-electron chi connectivity index (χ4n) is 0.980. The molecule has 0 radical (unpaired) electrons. The Kier molecular flexibility index (Phi) is 4.58. The van der Waals surface area contributed by atoms with Crippen LogP contribution in [0.3, 0.4) is 0 Å². The van der Waals surface area contributed by atoms with E-state index in [1.54, 1.807) is 12.1 Å². The molecule has 5 nitrogen and oxygen atoms in total. The van der Waals surface area contributed by atoms with Gasteiger partial charge in [0.15, 0.2) is 5.78 Å². The van der Waals surface area contributed by atoms with Gasteiger partial charge in [0.25, 0.3) is 0 Å². The van der Waals surface area contributed by atoms with Crippen molar-refractivity contribution in [3.63, 3.8) is 0 Å². The van der Waals surface area contributed by atoms with Crippen molar-refractivity contribution in [2.24, 2.45) is 5.11 Å². The standard InChI is InChI=1S/C11H10N4O/c1-9(16)10-5-6-11(13-8-10)4-2-3-7-14-15-12/h5-6,8H,3,7H2,1H3. The van der Waals surface area contributed by atoms with Crippen LogP contribution in [0.2, 0.25) is 0 Å². The molecule has 0 aliphatic carbocycles. The number of Topliss-reactive ketones (excluding diaryl/α,β-unsaturated/α-hetero) is 1. The smallest absolute Gasteiger partial charge is 0.161 e. The van der Waals surface area contributed by atoms with Gasteiger partial charge in [0, 0.05) is 29.6 Å². The summed E-state index contributed by atoms with van der Waals surface area (Å²) in [6, 6.07) is 3.38. The molecular formula is C11H10N4O. The molecule has 0 saturated carbocycles. The topological polar surface area (TPSA) is 78.7 Å². The SMILES string of the molecule is CC(=O)c1ccc(C#CCCN=[N+]=[N-])nc1. The van der Waals surface area contributed by atoms with E-state index in [-0.39, 0.29) is 5.78 Å². The molecule has 5 heteroatoms. The van der Waals surface area contributed by atoms with Gasteiger partial charge in [-0.05, 0) is 30.5 Å². The lowest BCUT2D eigenvalue weighted by Gasteiger charge is -1.93. The van der Waals surface area contributed by atoms with Gasteiger partial charge in [-0.1, -0.05) is 11.0 Å². The van der Waals surface area contributed by atoms with Crippen molar-refractivity contribution in [1.82, 2.24) is 4.98 Å². The van der Waals surface area contributed by atoms with Gasteiger partial charge in [0.05, 0.1) is 0 Å². The summed E-state index contributed by atoms with van der Waals surface area (Å²) in [5.41, 5.74) is 9.20. The zero-order valence-corrected chi connectivity index (χ0v) is 8.84. The Morgan fingerprint density at radius 3 is 3.00 bits per heavy atom. The fourth-order valence-corrected chi connectivity index (χ4v) is 0.980. The molecule has 0 spiro atoms. The van der Waals surface area contributed by atoms with Crippen LogP contribution in [-0.2, 0) is 0 Å². The number of carbonyl (C=O) groups excluding carboxylic acids is 1. The molecule has 0 aliphatic rings. The maximum atomic E-state index is 11.0. The number of rotatable bonds is 3. The highest BCUT2D eigenvalue weighted by Crippen LogP contribution is 1.99. The predicted octanol–water partition coefficient (Wildman–Crippen LogP) is 2.34. The molecule has 0 saturated heterocycles. The molecule has 0 unspecified atom stereocenters. The number of carbonyl (C=O) groups is 1. The average Bonchev–Trinajstić information content (AvgIpc) is 2.29. The van der Waals surface area contributed by atoms with Gasteiger partial charge in [-0.15, -0.1) is 0 Å². The second kappa shape index (κ2) is 6.23. The molecule has 16 heavy (non-hydrogen) atoms. The molecule has 0 aliphatic heterocycles. The molecule has 0 atom stereocenters. The Bertz CT molecular complexity index is 475. The number of hydrogen-bond donors (Lipinski definition) is 0. The molecule has 1 heterocycles. The van der Waals surface area contributed by atoms with Crippen LogP contribution in [-0.4, -0.2) is 17.3 Å². The van der Waals surface area contributed by atoms with Crippen LogP contribution in [0.4, 0.5) is 0 Å². The Labute approximate surface area is 93.1 Å². The molecule has 0 N–H and O–H groups in total. The van der Waals surface area contributed by atoms with Crippen LogP contribution in [0, 0.1) is 11.8 Å². The third kappa shape index (κ3) is 3.82. The van der Waals surface area contributed by atoms with Crippen molar-refractivity contribution >= 4 is 5.78 Å². The lowest BCUT2D eigenvalue weighted by Crippen LogP contribution is -1.93. The zero-order valence-electron chi connectivity index (χ0n) is 8.84. The van der Waals surface area contributed by atoms with E-state index in [0.29, 0.717) is 24.2 Å². The lowest BCUT2D eigenvalue weighted by molar-refractivity contribution is 0.101. The van der Waals surface area contributed by atoms with Crippen LogP contribution in [0.15, 0.2) is 23.4 Å². The second-order valence-corrected chi connectivity index (χ2v) is 2.99. The molecule has 0 bridgehead atoms. The van der Waals surface area contributed by atoms with Gasteiger partial charge in [-0.25, -0.2) is 4.98 Å². The first-order valence-corrected chi connectivity index (χ1v) is 4.71. The number of aromatic nitrogens is 1. The van der Waals surface area contributed by atoms with E-state index >= 15 is 0 Å². The summed E-state index contributed by atoms with van der Waals surface area (Å²) in [4.78, 5) is 17.6. The van der Waals surface area contributed by atoms with Gasteiger partial charge in [-0.3, -0.25) is 4.79 Å². The summed E-state index contributed by atoms with van der Waals surface area (Å²) in [5.74, 6) is 5.62. The third-order valence-corrected chi connectivity index (χ3v) is 1.79. The number of pyridine rings is 1. The molecular weight excluding hydrogens is 204 g/mol. The molecule has 1 rings (SSSR count). The second-order valence-electron chi connectivity index (χ2n) is 2.99. The van der Waals surface area contributed by atoms with Gasteiger partial charge >= 0.3 is 0 Å². The number of nitrogens with zero attached hydrogens (tertiary/aromatic N) is 4. The molecule has 0 amide bonds. The quantitative estimate of drug-likeness (QED) is 0.193. The van der Waals surface area contributed by atoms with Crippen molar-refractivity contribution < 1.29 is 4.79 Å². The number of azide groups is 1. The molecule has 80 valence electrons. The summed E-state index contributed by atoms with van der Waals surface area (Å²) in [7, 11) is 0. The van der Waals surface area contributed by atoms with Crippen molar-refractivity contribution in [3.8, 4) is 11.8 Å². The highest BCUT2D eigenvalue weighted by Gasteiger charge is 1.97. The van der Waals surface area contributed by atoms with Gasteiger partial charge in [0.1, 0.15) is 5.69 Å². The van der Waals surface area contributed by atoms with E-state index in [0.717, 1.165) is 0 Å². The van der Waals surface area contributed by atoms with E-state index < -0.39 is 0 Å². The first-order valence-electron chi connectivity index (χ1n) is 4.71. The van der Waals surface area contributed by atoms with Crippen LogP contribution < -0.4 is 0 Å². The summed E-state index contributed by atoms with van der Waals surface area (Å²) >= 11 is 0. The minimum Gasteiger partial charge on any atom is -0.294 e. The minimum atomic E-state index is -0.0182. The van der Waals surface area contributed by atoms with Crippen LogP contribution in [0.25, 0.3) is 10.4 Å². The Balaban J connectivity index is 2.61. The van der Waals surface area contributed by atoms with Crippen LogP contribution >= 0.6 is 0 Å². The highest BCUT2D eigenvalue weighted by molar-refractivity contribution is 5.93. The van der Waals surface area contributed by atoms with E-state index in [1.165, 1.54) is 13.1 Å². The lowest BCUT2D eigenvalue weighted by atomic mass is 10.2. The summed E-state index contributed by atoms with van der Waals surface area (Å²) in [5, 5.41) is 3.35. The minimum absolute atomic E-state index is 0.0182. The van der Waals surface area contributed by atoms with Gasteiger partial charge in [0.2, 0.25) is 0 Å². The number of ketones is 1. The molecule has 0 aromatic carbocycles. The fraction of sp³-hybridized carbons (Fsp3) is 0.273.